The minimum Gasteiger partial charge on any atom is -0.461 e. The first kappa shape index (κ1) is 14.1. The van der Waals surface area contributed by atoms with Crippen LogP contribution in [0.1, 0.15) is 30.9 Å². The Morgan fingerprint density at radius 1 is 1.39 bits per heavy atom. The third-order valence-corrected chi connectivity index (χ3v) is 3.97. The monoisotopic (exact) mass is 314 g/mol. The molecule has 0 radical (unpaired) electrons. The molecule has 3 aromatic rings. The van der Waals surface area contributed by atoms with Crippen molar-refractivity contribution in [3.63, 3.8) is 0 Å². The molecule has 0 saturated carbocycles. The lowest BCUT2D eigenvalue weighted by Crippen LogP contribution is -2.37. The second-order valence-electron chi connectivity index (χ2n) is 5.59. The first-order valence-electron chi connectivity index (χ1n) is 7.84. The highest BCUT2D eigenvalue weighted by atomic mass is 16.5. The molecule has 0 amide bonds. The Labute approximate surface area is 132 Å². The van der Waals surface area contributed by atoms with E-state index in [0.717, 1.165) is 37.5 Å². The average Bonchev–Trinajstić information content (AvgIpc) is 3.30. The third-order valence-electron chi connectivity index (χ3n) is 3.97. The summed E-state index contributed by atoms with van der Waals surface area (Å²) in [6, 6.07) is 3.93. The molecule has 1 aliphatic rings. The molecule has 4 heterocycles. The molecule has 8 heteroatoms. The number of aryl methyl sites for hydroxylation is 2. The lowest BCUT2D eigenvalue weighted by molar-refractivity contribution is 0.320. The highest BCUT2D eigenvalue weighted by molar-refractivity contribution is 5.44. The van der Waals surface area contributed by atoms with Crippen LogP contribution in [-0.4, -0.2) is 30.9 Å². The highest BCUT2D eigenvalue weighted by Crippen LogP contribution is 2.17. The Morgan fingerprint density at radius 2 is 2.35 bits per heavy atom. The van der Waals surface area contributed by atoms with E-state index in [1.807, 2.05) is 4.68 Å². The van der Waals surface area contributed by atoms with Crippen LogP contribution >= 0.6 is 0 Å². The van der Waals surface area contributed by atoms with Gasteiger partial charge in [-0.1, -0.05) is 12.1 Å². The van der Waals surface area contributed by atoms with Gasteiger partial charge in [0.25, 0.3) is 0 Å². The van der Waals surface area contributed by atoms with Gasteiger partial charge in [-0.25, -0.2) is 9.67 Å². The average molecular weight is 314 g/mol. The van der Waals surface area contributed by atoms with Gasteiger partial charge in [-0.2, -0.15) is 10.1 Å². The van der Waals surface area contributed by atoms with Crippen molar-refractivity contribution in [1.82, 2.24) is 30.2 Å². The maximum atomic E-state index is 5.26. The number of aromatic nitrogens is 5. The lowest BCUT2D eigenvalue weighted by Gasteiger charge is -2.22. The van der Waals surface area contributed by atoms with E-state index in [1.165, 1.54) is 0 Å². The molecule has 120 valence electrons. The zero-order chi connectivity index (χ0) is 15.6. The fourth-order valence-corrected chi connectivity index (χ4v) is 2.74. The van der Waals surface area contributed by atoms with Crippen LogP contribution in [0.5, 0.6) is 0 Å². The molecule has 0 spiro atoms. The molecule has 3 aromatic heterocycles. The van der Waals surface area contributed by atoms with Gasteiger partial charge >= 0.3 is 0 Å². The van der Waals surface area contributed by atoms with Gasteiger partial charge in [-0.05, 0) is 18.6 Å². The first-order valence-corrected chi connectivity index (χ1v) is 7.84. The van der Waals surface area contributed by atoms with Crippen LogP contribution in [0.15, 0.2) is 27.3 Å². The van der Waals surface area contributed by atoms with Crippen molar-refractivity contribution >= 4 is 0 Å². The van der Waals surface area contributed by atoms with E-state index in [2.05, 4.69) is 32.5 Å². The zero-order valence-corrected chi connectivity index (χ0v) is 12.9. The van der Waals surface area contributed by atoms with E-state index >= 15 is 0 Å². The molecule has 23 heavy (non-hydrogen) atoms. The van der Waals surface area contributed by atoms with Crippen molar-refractivity contribution in [2.24, 2.45) is 0 Å². The molecule has 0 aliphatic carbocycles. The van der Waals surface area contributed by atoms with Gasteiger partial charge in [0.1, 0.15) is 5.82 Å². The van der Waals surface area contributed by atoms with Crippen LogP contribution in [0.4, 0.5) is 0 Å². The second-order valence-corrected chi connectivity index (χ2v) is 5.59. The molecule has 4 rings (SSSR count). The summed E-state index contributed by atoms with van der Waals surface area (Å²) in [4.78, 5) is 8.86. The van der Waals surface area contributed by atoms with Gasteiger partial charge in [0.2, 0.25) is 11.7 Å². The number of hydrogen-bond acceptors (Lipinski definition) is 7. The Kier molecular flexibility index (Phi) is 3.66. The Hall–Kier alpha value is -2.48. The van der Waals surface area contributed by atoms with Crippen LogP contribution in [0.3, 0.4) is 0 Å². The minimum absolute atomic E-state index is 0.327. The molecule has 0 unspecified atom stereocenters. The molecule has 1 aliphatic heterocycles. The number of rotatable bonds is 5. The summed E-state index contributed by atoms with van der Waals surface area (Å²) in [5, 5.41) is 11.9. The largest absolute Gasteiger partial charge is 0.461 e. The summed E-state index contributed by atoms with van der Waals surface area (Å²) in [7, 11) is 0. The molecule has 8 nitrogen and oxygen atoms in total. The highest BCUT2D eigenvalue weighted by Gasteiger charge is 2.21. The van der Waals surface area contributed by atoms with Crippen LogP contribution in [0, 0.1) is 0 Å². The molecule has 0 fully saturated rings. The van der Waals surface area contributed by atoms with Crippen molar-refractivity contribution in [3.05, 3.63) is 35.9 Å². The van der Waals surface area contributed by atoms with Gasteiger partial charge in [0.05, 0.1) is 19.4 Å². The summed E-state index contributed by atoms with van der Waals surface area (Å²) in [6.07, 6.45) is 4.43. The van der Waals surface area contributed by atoms with Gasteiger partial charge in [-0.3, -0.25) is 0 Å². The molecule has 1 atom stereocenters. The molecular weight excluding hydrogens is 296 g/mol. The third kappa shape index (κ3) is 2.89. The van der Waals surface area contributed by atoms with Gasteiger partial charge in [0.15, 0.2) is 11.6 Å². The van der Waals surface area contributed by atoms with Crippen LogP contribution < -0.4 is 5.32 Å². The summed E-state index contributed by atoms with van der Waals surface area (Å²) >= 11 is 0. The Balaban J connectivity index is 1.36. The van der Waals surface area contributed by atoms with Gasteiger partial charge in [0, 0.05) is 18.9 Å². The van der Waals surface area contributed by atoms with E-state index in [1.54, 1.807) is 18.4 Å². The molecule has 0 aromatic carbocycles. The van der Waals surface area contributed by atoms with E-state index < -0.39 is 0 Å². The van der Waals surface area contributed by atoms with E-state index in [4.69, 9.17) is 8.94 Å². The maximum absolute atomic E-state index is 5.26. The SMILES string of the molecule is CCc1nc2n(n1)C[C@H](NCc1nc(-c3ccco3)no1)CC2. The molecular formula is C15H18N6O2. The predicted molar refractivity (Wildman–Crippen MR) is 80.3 cm³/mol. The van der Waals surface area contributed by atoms with Crippen molar-refractivity contribution in [2.45, 2.75) is 45.3 Å². The smallest absolute Gasteiger partial charge is 0.241 e. The molecule has 1 N–H and O–H groups in total. The van der Waals surface area contributed by atoms with Crippen LogP contribution in [-0.2, 0) is 25.9 Å². The van der Waals surface area contributed by atoms with Gasteiger partial charge < -0.3 is 14.3 Å². The summed E-state index contributed by atoms with van der Waals surface area (Å²) in [5.41, 5.74) is 0. The number of fused-ring (bicyclic) bond motifs is 1. The van der Waals surface area contributed by atoms with E-state index in [-0.39, 0.29) is 0 Å². The predicted octanol–water partition coefficient (Wildman–Crippen LogP) is 1.59. The number of hydrogen-bond donors (Lipinski definition) is 1. The Bertz CT molecular complexity index is 776. The van der Waals surface area contributed by atoms with Crippen LogP contribution in [0.2, 0.25) is 0 Å². The fraction of sp³-hybridized carbons (Fsp3) is 0.467. The maximum Gasteiger partial charge on any atom is 0.241 e. The standard InChI is InChI=1S/C15H18N6O2/c1-2-12-17-13-6-5-10(9-21(13)19-12)16-8-14-18-15(20-23-14)11-4-3-7-22-11/h3-4,7,10,16H,2,5-6,8-9H2,1H3/t10-/m1/s1. The quantitative estimate of drug-likeness (QED) is 0.764. The van der Waals surface area contributed by atoms with Crippen molar-refractivity contribution in [3.8, 4) is 11.6 Å². The molecule has 0 bridgehead atoms. The molecule has 0 saturated heterocycles. The van der Waals surface area contributed by atoms with Crippen molar-refractivity contribution < 1.29 is 8.94 Å². The van der Waals surface area contributed by atoms with Crippen molar-refractivity contribution in [2.75, 3.05) is 0 Å². The lowest BCUT2D eigenvalue weighted by atomic mass is 10.1. The summed E-state index contributed by atoms with van der Waals surface area (Å²) in [5.74, 6) is 3.63. The zero-order valence-electron chi connectivity index (χ0n) is 12.9. The van der Waals surface area contributed by atoms with E-state index in [0.29, 0.717) is 30.1 Å². The Morgan fingerprint density at radius 3 is 3.17 bits per heavy atom. The topological polar surface area (TPSA) is 94.8 Å². The van der Waals surface area contributed by atoms with Crippen LogP contribution in [0.25, 0.3) is 11.6 Å². The summed E-state index contributed by atoms with van der Waals surface area (Å²) < 4.78 is 12.5. The number of furan rings is 1. The second kappa shape index (κ2) is 5.96. The van der Waals surface area contributed by atoms with E-state index in [9.17, 15) is 0 Å². The number of nitrogens with one attached hydrogen (secondary N) is 1. The fourth-order valence-electron chi connectivity index (χ4n) is 2.74. The first-order chi connectivity index (χ1) is 11.3. The minimum atomic E-state index is 0.327. The van der Waals surface area contributed by atoms with Gasteiger partial charge in [-0.15, -0.1) is 0 Å². The normalized spacial score (nSPS) is 17.3. The van der Waals surface area contributed by atoms with Crippen molar-refractivity contribution in [1.29, 1.82) is 0 Å². The number of nitrogens with zero attached hydrogens (tertiary/aromatic N) is 5. The summed E-state index contributed by atoms with van der Waals surface area (Å²) in [6.45, 7) is 3.42.